The van der Waals surface area contributed by atoms with E-state index in [4.69, 9.17) is 8.92 Å². The van der Waals surface area contributed by atoms with Crippen molar-refractivity contribution in [2.75, 3.05) is 17.7 Å². The van der Waals surface area contributed by atoms with Gasteiger partial charge in [-0.1, -0.05) is 74.7 Å². The third kappa shape index (κ3) is 8.12. The van der Waals surface area contributed by atoms with Crippen molar-refractivity contribution in [1.82, 2.24) is 14.2 Å². The van der Waals surface area contributed by atoms with Crippen molar-refractivity contribution in [3.05, 3.63) is 89.9 Å². The van der Waals surface area contributed by atoms with Gasteiger partial charge in [-0.25, -0.2) is 14.1 Å². The molecule has 1 aliphatic heterocycles. The highest BCUT2D eigenvalue weighted by atomic mass is 32.2. The van der Waals surface area contributed by atoms with Gasteiger partial charge >= 0.3 is 16.1 Å². The van der Waals surface area contributed by atoms with Crippen LogP contribution in [0, 0.1) is 5.82 Å². The maximum Gasteiger partial charge on any atom is 0.330 e. The molecular formula is C34H35FN4O8S2. The highest BCUT2D eigenvalue weighted by Gasteiger charge is 2.53. The van der Waals surface area contributed by atoms with Crippen molar-refractivity contribution in [2.24, 2.45) is 0 Å². The fourth-order valence-electron chi connectivity index (χ4n) is 5.37. The molecule has 2 atom stereocenters. The maximum atomic E-state index is 15.1. The molecule has 5 rings (SSSR count). The number of carbonyl (C=O) groups excluding carboxylic acids is 4. The summed E-state index contributed by atoms with van der Waals surface area (Å²) in [5.41, 5.74) is -0.0408. The summed E-state index contributed by atoms with van der Waals surface area (Å²) in [5, 5.41) is 2.67. The Balaban J connectivity index is 1.49. The number of carbonyl (C=O) groups is 4. The van der Waals surface area contributed by atoms with Crippen LogP contribution in [0.5, 0.6) is 5.75 Å². The standard InChI is InChI=1S/C34H35FN4O8S2/c1-3-5-6-12-19-49(44,45)47-23-17-18-25(35)26(20-23)36-31(41)29(30(40)28-24-15-10-11-16-27(24)48-37-28)39-32(42)33(46-4-2)38(34(39)43)21-22-13-8-7-9-14-22/h7-11,13-18,20,29,33H,3-6,12,19,21H2,1-2H3,(H,36,41). The summed E-state index contributed by atoms with van der Waals surface area (Å²) in [6.07, 6.45) is 1.38. The molecule has 0 radical (unpaired) electrons. The quantitative estimate of drug-likeness (QED) is 0.0504. The Kier molecular flexibility index (Phi) is 11.4. The van der Waals surface area contributed by atoms with Crippen LogP contribution in [0.1, 0.15) is 55.6 Å². The molecule has 12 nitrogen and oxygen atoms in total. The van der Waals surface area contributed by atoms with Crippen molar-refractivity contribution >= 4 is 61.1 Å². The van der Waals surface area contributed by atoms with Gasteiger partial charge in [0.25, 0.3) is 11.8 Å². The van der Waals surface area contributed by atoms with Gasteiger partial charge in [0.15, 0.2) is 6.04 Å². The fourth-order valence-corrected chi connectivity index (χ4v) is 7.18. The molecule has 1 aliphatic rings. The van der Waals surface area contributed by atoms with Gasteiger partial charge in [0, 0.05) is 18.1 Å². The number of amides is 4. The van der Waals surface area contributed by atoms with Gasteiger partial charge in [-0.15, -0.1) is 0 Å². The van der Waals surface area contributed by atoms with Gasteiger partial charge in [0.1, 0.15) is 17.3 Å². The Morgan fingerprint density at radius 1 is 1.00 bits per heavy atom. The first-order valence-corrected chi connectivity index (χ1v) is 18.1. The molecule has 4 amide bonds. The largest absolute Gasteiger partial charge is 0.382 e. The van der Waals surface area contributed by atoms with Crippen LogP contribution in [-0.2, 0) is 31.0 Å². The molecule has 1 aromatic heterocycles. The van der Waals surface area contributed by atoms with E-state index in [1.165, 1.54) is 0 Å². The van der Waals surface area contributed by atoms with Gasteiger partial charge in [-0.05, 0) is 48.6 Å². The minimum Gasteiger partial charge on any atom is -0.382 e. The van der Waals surface area contributed by atoms with E-state index in [1.807, 2.05) is 6.92 Å². The maximum absolute atomic E-state index is 15.1. The van der Waals surface area contributed by atoms with E-state index >= 15 is 4.39 Å². The number of nitrogens with one attached hydrogen (secondary N) is 1. The highest BCUT2D eigenvalue weighted by Crippen LogP contribution is 2.30. The molecule has 3 aromatic carbocycles. The van der Waals surface area contributed by atoms with Crippen LogP contribution in [0.15, 0.2) is 72.8 Å². The summed E-state index contributed by atoms with van der Waals surface area (Å²) in [7, 11) is -4.04. The van der Waals surface area contributed by atoms with E-state index in [0.29, 0.717) is 33.4 Å². The molecule has 0 bridgehead atoms. The van der Waals surface area contributed by atoms with Crippen molar-refractivity contribution < 1.29 is 40.9 Å². The lowest BCUT2D eigenvalue weighted by Crippen LogP contribution is -2.52. The van der Waals surface area contributed by atoms with Crippen LogP contribution in [0.25, 0.3) is 10.1 Å². The average molecular weight is 711 g/mol. The monoisotopic (exact) mass is 710 g/mol. The number of imide groups is 1. The number of ketones is 1. The first-order valence-electron chi connectivity index (χ1n) is 15.7. The fraction of sp³-hybridized carbons (Fsp3) is 0.324. The number of ether oxygens (including phenoxy) is 1. The van der Waals surface area contributed by atoms with E-state index in [-0.39, 0.29) is 30.3 Å². The summed E-state index contributed by atoms with van der Waals surface area (Å²) in [6.45, 7) is 3.57. The van der Waals surface area contributed by atoms with E-state index in [0.717, 1.165) is 47.5 Å². The van der Waals surface area contributed by atoms with Crippen LogP contribution in [0.4, 0.5) is 14.9 Å². The molecule has 258 valence electrons. The second kappa shape index (κ2) is 15.7. The summed E-state index contributed by atoms with van der Waals surface area (Å²) in [4.78, 5) is 57.8. The molecule has 1 N–H and O–H groups in total. The third-order valence-electron chi connectivity index (χ3n) is 7.74. The van der Waals surface area contributed by atoms with E-state index in [1.54, 1.807) is 61.5 Å². The van der Waals surface area contributed by atoms with Crippen molar-refractivity contribution in [3.63, 3.8) is 0 Å². The first kappa shape index (κ1) is 35.6. The highest BCUT2D eigenvalue weighted by molar-refractivity contribution is 7.87. The number of unbranched alkanes of at least 4 members (excludes halogenated alkanes) is 3. The molecule has 0 aliphatic carbocycles. The van der Waals surface area contributed by atoms with Gasteiger partial charge in [0.2, 0.25) is 12.0 Å². The molecule has 1 saturated heterocycles. The van der Waals surface area contributed by atoms with Gasteiger partial charge in [0.05, 0.1) is 22.7 Å². The zero-order chi connectivity index (χ0) is 35.1. The molecule has 15 heteroatoms. The SMILES string of the molecule is CCCCCCS(=O)(=O)Oc1ccc(F)c(NC(=O)C(C(=O)c2nsc3ccccc23)N2C(=O)C(OCC)N(Cc3ccccc3)C2=O)c1. The Morgan fingerprint density at radius 2 is 1.73 bits per heavy atom. The summed E-state index contributed by atoms with van der Waals surface area (Å²) in [6, 6.07) is 15.3. The predicted molar refractivity (Wildman–Crippen MR) is 181 cm³/mol. The van der Waals surface area contributed by atoms with Crippen LogP contribution in [-0.4, -0.2) is 70.8 Å². The number of urea groups is 1. The minimum atomic E-state index is -4.04. The topological polar surface area (TPSA) is 152 Å². The Morgan fingerprint density at radius 3 is 2.47 bits per heavy atom. The van der Waals surface area contributed by atoms with Crippen LogP contribution in [0.3, 0.4) is 0 Å². The average Bonchev–Trinajstić information content (AvgIpc) is 3.61. The molecule has 2 unspecified atom stereocenters. The van der Waals surface area contributed by atoms with Gasteiger partial charge in [-0.2, -0.15) is 12.8 Å². The van der Waals surface area contributed by atoms with Crippen molar-refractivity contribution in [2.45, 2.75) is 58.3 Å². The second-order valence-corrected chi connectivity index (χ2v) is 13.7. The minimum absolute atomic E-state index is 0.0316. The van der Waals surface area contributed by atoms with Gasteiger partial charge in [-0.3, -0.25) is 19.3 Å². The lowest BCUT2D eigenvalue weighted by molar-refractivity contribution is -0.144. The lowest BCUT2D eigenvalue weighted by atomic mass is 10.0. The van der Waals surface area contributed by atoms with Crippen LogP contribution >= 0.6 is 11.5 Å². The zero-order valence-electron chi connectivity index (χ0n) is 26.8. The van der Waals surface area contributed by atoms with Gasteiger partial charge < -0.3 is 14.2 Å². The molecule has 49 heavy (non-hydrogen) atoms. The molecule has 0 saturated carbocycles. The number of aromatic nitrogens is 1. The number of rotatable bonds is 16. The van der Waals surface area contributed by atoms with E-state index in [2.05, 4.69) is 9.69 Å². The van der Waals surface area contributed by atoms with Crippen molar-refractivity contribution in [3.8, 4) is 5.75 Å². The Hall–Kier alpha value is -4.73. The third-order valence-corrected chi connectivity index (χ3v) is 9.80. The Labute approximate surface area is 287 Å². The molecule has 2 heterocycles. The number of benzene rings is 3. The molecular weight excluding hydrogens is 676 g/mol. The molecule has 1 fully saturated rings. The normalized spacial score (nSPS) is 15.5. The van der Waals surface area contributed by atoms with Crippen LogP contribution in [0.2, 0.25) is 0 Å². The number of nitrogens with zero attached hydrogens (tertiary/aromatic N) is 3. The summed E-state index contributed by atoms with van der Waals surface area (Å²) < 4.78 is 55.9. The smallest absolute Gasteiger partial charge is 0.330 e. The number of anilines is 1. The molecule has 0 spiro atoms. The summed E-state index contributed by atoms with van der Waals surface area (Å²) >= 11 is 0.989. The molecule has 4 aromatic rings. The first-order chi connectivity index (χ1) is 23.5. The Bertz CT molecular complexity index is 1950. The second-order valence-electron chi connectivity index (χ2n) is 11.2. The van der Waals surface area contributed by atoms with E-state index in [9.17, 15) is 27.6 Å². The predicted octanol–water partition coefficient (Wildman–Crippen LogP) is 5.74. The number of fused-ring (bicyclic) bond motifs is 1. The lowest BCUT2D eigenvalue weighted by Gasteiger charge is -2.24. The summed E-state index contributed by atoms with van der Waals surface area (Å²) in [5.74, 6) is -4.72. The van der Waals surface area contributed by atoms with E-state index < -0.39 is 57.5 Å². The zero-order valence-corrected chi connectivity index (χ0v) is 28.5. The number of hydrogen-bond donors (Lipinski definition) is 1. The van der Waals surface area contributed by atoms with Crippen LogP contribution < -0.4 is 9.50 Å². The van der Waals surface area contributed by atoms with Crippen molar-refractivity contribution in [1.29, 1.82) is 0 Å². The number of halogens is 1. The number of Topliss-reactive ketones (excluding diaryl/α,β-unsaturated/α-hetero) is 1. The number of hydrogen-bond acceptors (Lipinski definition) is 10.